The van der Waals surface area contributed by atoms with Gasteiger partial charge in [-0.25, -0.2) is 13.4 Å². The molecule has 0 radical (unpaired) electrons. The number of carbonyl (C=O) groups is 1. The second-order valence-corrected chi connectivity index (χ2v) is 8.25. The van der Waals surface area contributed by atoms with Gasteiger partial charge in [-0.15, -0.1) is 0 Å². The number of benzene rings is 1. The van der Waals surface area contributed by atoms with Crippen LogP contribution in [0.2, 0.25) is 5.02 Å². The maximum atomic E-state index is 12.4. The molecule has 1 aliphatic rings. The SMILES string of the molecule is COc1ccc(NC(=O)C2CCN(S(=O)(=O)c3cnc[nH]3)CC2)cc1Cl. The van der Waals surface area contributed by atoms with Crippen LogP contribution in [-0.2, 0) is 14.8 Å². The molecule has 10 heteroatoms. The molecule has 2 aromatic rings. The van der Waals surface area contributed by atoms with Crippen molar-refractivity contribution < 1.29 is 17.9 Å². The Kier molecular flexibility index (Phi) is 5.49. The minimum Gasteiger partial charge on any atom is -0.495 e. The molecule has 2 heterocycles. The van der Waals surface area contributed by atoms with Crippen LogP contribution < -0.4 is 10.1 Å². The van der Waals surface area contributed by atoms with Crippen molar-refractivity contribution in [2.75, 3.05) is 25.5 Å². The summed E-state index contributed by atoms with van der Waals surface area (Å²) in [6, 6.07) is 5.01. The van der Waals surface area contributed by atoms with Gasteiger partial charge in [-0.2, -0.15) is 4.31 Å². The Morgan fingerprint density at radius 1 is 1.38 bits per heavy atom. The Morgan fingerprint density at radius 2 is 2.12 bits per heavy atom. The Balaban J connectivity index is 1.59. The molecule has 0 spiro atoms. The highest BCUT2D eigenvalue weighted by molar-refractivity contribution is 7.89. The molecule has 1 amide bonds. The first kappa shape index (κ1) is 18.7. The summed E-state index contributed by atoms with van der Waals surface area (Å²) >= 11 is 6.06. The number of hydrogen-bond acceptors (Lipinski definition) is 5. The van der Waals surface area contributed by atoms with E-state index in [2.05, 4.69) is 15.3 Å². The van der Waals surface area contributed by atoms with Crippen LogP contribution in [-0.4, -0.2) is 48.8 Å². The van der Waals surface area contributed by atoms with Gasteiger partial charge in [-0.1, -0.05) is 11.6 Å². The van der Waals surface area contributed by atoms with E-state index in [1.165, 1.54) is 23.9 Å². The summed E-state index contributed by atoms with van der Waals surface area (Å²) in [6.07, 6.45) is 3.50. The molecule has 0 saturated carbocycles. The molecule has 1 saturated heterocycles. The summed E-state index contributed by atoms with van der Waals surface area (Å²) in [5.74, 6) is 0.121. The Labute approximate surface area is 156 Å². The Morgan fingerprint density at radius 3 is 2.69 bits per heavy atom. The van der Waals surface area contributed by atoms with Crippen LogP contribution in [0.25, 0.3) is 0 Å². The van der Waals surface area contributed by atoms with E-state index in [0.717, 1.165) is 0 Å². The third kappa shape index (κ3) is 3.84. The molecule has 0 unspecified atom stereocenters. The predicted molar refractivity (Wildman–Crippen MR) is 96.7 cm³/mol. The second kappa shape index (κ2) is 7.65. The van der Waals surface area contributed by atoms with Crippen molar-refractivity contribution in [2.45, 2.75) is 17.9 Å². The van der Waals surface area contributed by atoms with Gasteiger partial charge in [0.1, 0.15) is 5.75 Å². The number of H-pyrrole nitrogens is 1. The third-order valence-electron chi connectivity index (χ3n) is 4.34. The molecule has 1 fully saturated rings. The quantitative estimate of drug-likeness (QED) is 0.802. The summed E-state index contributed by atoms with van der Waals surface area (Å²) in [6.45, 7) is 0.561. The maximum Gasteiger partial charge on any atom is 0.260 e. The first-order chi connectivity index (χ1) is 12.4. The van der Waals surface area contributed by atoms with Crippen molar-refractivity contribution >= 4 is 33.2 Å². The number of sulfonamides is 1. The van der Waals surface area contributed by atoms with Crippen molar-refractivity contribution in [3.8, 4) is 5.75 Å². The van der Waals surface area contributed by atoms with Crippen molar-refractivity contribution in [1.82, 2.24) is 14.3 Å². The van der Waals surface area contributed by atoms with Gasteiger partial charge >= 0.3 is 0 Å². The third-order valence-corrected chi connectivity index (χ3v) is 6.45. The van der Waals surface area contributed by atoms with Gasteiger partial charge < -0.3 is 15.0 Å². The van der Waals surface area contributed by atoms with E-state index >= 15 is 0 Å². The smallest absolute Gasteiger partial charge is 0.260 e. The number of aromatic amines is 1. The number of methoxy groups -OCH3 is 1. The lowest BCUT2D eigenvalue weighted by molar-refractivity contribution is -0.120. The van der Waals surface area contributed by atoms with Gasteiger partial charge in [0, 0.05) is 24.7 Å². The number of aromatic nitrogens is 2. The molecule has 1 aromatic heterocycles. The number of nitrogens with zero attached hydrogens (tertiary/aromatic N) is 2. The molecule has 3 rings (SSSR count). The van der Waals surface area contributed by atoms with E-state index in [1.54, 1.807) is 18.2 Å². The predicted octanol–water partition coefficient (Wildman–Crippen LogP) is 2.11. The van der Waals surface area contributed by atoms with E-state index in [-0.39, 0.29) is 29.9 Å². The number of nitrogens with one attached hydrogen (secondary N) is 2. The minimum absolute atomic E-state index is 0.0632. The maximum absolute atomic E-state index is 12.4. The van der Waals surface area contributed by atoms with Crippen LogP contribution in [0.5, 0.6) is 5.75 Å². The highest BCUT2D eigenvalue weighted by Crippen LogP contribution is 2.28. The lowest BCUT2D eigenvalue weighted by atomic mass is 9.97. The number of hydrogen-bond donors (Lipinski definition) is 2. The number of ether oxygens (including phenoxy) is 1. The fourth-order valence-corrected chi connectivity index (χ4v) is 4.49. The zero-order valence-corrected chi connectivity index (χ0v) is 15.7. The van der Waals surface area contributed by atoms with Crippen molar-refractivity contribution in [3.63, 3.8) is 0 Å². The molecular weight excluding hydrogens is 380 g/mol. The first-order valence-corrected chi connectivity index (χ1v) is 9.86. The summed E-state index contributed by atoms with van der Waals surface area (Å²) < 4.78 is 31.3. The van der Waals surface area contributed by atoms with Gasteiger partial charge in [-0.3, -0.25) is 4.79 Å². The Bertz CT molecular complexity index is 878. The summed E-state index contributed by atoms with van der Waals surface area (Å²) in [7, 11) is -2.07. The molecule has 0 aliphatic carbocycles. The highest BCUT2D eigenvalue weighted by atomic mass is 35.5. The number of amides is 1. The average molecular weight is 399 g/mol. The average Bonchev–Trinajstić information content (AvgIpc) is 3.17. The lowest BCUT2D eigenvalue weighted by Gasteiger charge is -2.30. The number of carbonyl (C=O) groups excluding carboxylic acids is 1. The first-order valence-electron chi connectivity index (χ1n) is 8.04. The van der Waals surface area contributed by atoms with Crippen molar-refractivity contribution in [2.24, 2.45) is 5.92 Å². The van der Waals surface area contributed by atoms with Crippen LogP contribution in [0.1, 0.15) is 12.8 Å². The summed E-state index contributed by atoms with van der Waals surface area (Å²) in [5.41, 5.74) is 0.577. The van der Waals surface area contributed by atoms with Gasteiger partial charge in [0.15, 0.2) is 5.03 Å². The normalized spacial score (nSPS) is 16.4. The van der Waals surface area contributed by atoms with Crippen LogP contribution >= 0.6 is 11.6 Å². The second-order valence-electron chi connectivity index (χ2n) is 5.93. The molecule has 1 aliphatic heterocycles. The highest BCUT2D eigenvalue weighted by Gasteiger charge is 2.32. The Hall–Kier alpha value is -2.10. The monoisotopic (exact) mass is 398 g/mol. The molecule has 1 aromatic carbocycles. The van der Waals surface area contributed by atoms with E-state index in [9.17, 15) is 13.2 Å². The van der Waals surface area contributed by atoms with Gasteiger partial charge in [0.2, 0.25) is 5.91 Å². The molecule has 0 bridgehead atoms. The van der Waals surface area contributed by atoms with Gasteiger partial charge in [0.05, 0.1) is 24.7 Å². The molecule has 0 atom stereocenters. The van der Waals surface area contributed by atoms with Crippen LogP contribution in [0, 0.1) is 5.92 Å². The number of piperidine rings is 1. The molecule has 140 valence electrons. The molecule has 2 N–H and O–H groups in total. The fraction of sp³-hybridized carbons (Fsp3) is 0.375. The van der Waals surface area contributed by atoms with Crippen LogP contribution in [0.15, 0.2) is 35.7 Å². The van der Waals surface area contributed by atoms with E-state index in [0.29, 0.717) is 29.3 Å². The summed E-state index contributed by atoms with van der Waals surface area (Å²) in [5, 5.41) is 3.29. The largest absolute Gasteiger partial charge is 0.495 e. The summed E-state index contributed by atoms with van der Waals surface area (Å²) in [4.78, 5) is 18.8. The number of anilines is 1. The van der Waals surface area contributed by atoms with E-state index in [1.807, 2.05) is 0 Å². The van der Waals surface area contributed by atoms with E-state index < -0.39 is 10.0 Å². The standard InChI is InChI=1S/C16H19ClN4O4S/c1-25-14-3-2-12(8-13(14)17)20-16(22)11-4-6-21(7-5-11)26(23,24)15-9-18-10-19-15/h2-3,8-11H,4-7H2,1H3,(H,18,19)(H,20,22). The molecule has 8 nitrogen and oxygen atoms in total. The number of halogens is 1. The van der Waals surface area contributed by atoms with E-state index in [4.69, 9.17) is 16.3 Å². The lowest BCUT2D eigenvalue weighted by Crippen LogP contribution is -2.41. The minimum atomic E-state index is -3.59. The zero-order chi connectivity index (χ0) is 18.7. The number of rotatable bonds is 5. The van der Waals surface area contributed by atoms with Gasteiger partial charge in [-0.05, 0) is 31.0 Å². The molecular formula is C16H19ClN4O4S. The van der Waals surface area contributed by atoms with Crippen molar-refractivity contribution in [3.05, 3.63) is 35.7 Å². The topological polar surface area (TPSA) is 104 Å². The number of imidazole rings is 1. The molecule has 26 heavy (non-hydrogen) atoms. The van der Waals surface area contributed by atoms with Gasteiger partial charge in [0.25, 0.3) is 10.0 Å². The van der Waals surface area contributed by atoms with Crippen molar-refractivity contribution in [1.29, 1.82) is 0 Å². The van der Waals surface area contributed by atoms with Crippen LogP contribution in [0.4, 0.5) is 5.69 Å². The fourth-order valence-electron chi connectivity index (χ4n) is 2.87. The zero-order valence-electron chi connectivity index (χ0n) is 14.1. The van der Waals surface area contributed by atoms with Crippen LogP contribution in [0.3, 0.4) is 0 Å².